The van der Waals surface area contributed by atoms with Crippen molar-refractivity contribution in [3.05, 3.63) is 28.2 Å². The highest BCUT2D eigenvalue weighted by Crippen LogP contribution is 2.26. The maximum atomic E-state index is 5.10. The summed E-state index contributed by atoms with van der Waals surface area (Å²) in [7, 11) is 1.67. The second-order valence-electron chi connectivity index (χ2n) is 2.10. The fourth-order valence-corrected chi connectivity index (χ4v) is 1.86. The van der Waals surface area contributed by atoms with E-state index in [1.54, 1.807) is 7.11 Å². The Labute approximate surface area is 88.4 Å². The summed E-state index contributed by atoms with van der Waals surface area (Å²) in [4.78, 5) is 0. The number of halogens is 2. The van der Waals surface area contributed by atoms with Gasteiger partial charge in [-0.15, -0.1) is 0 Å². The summed E-state index contributed by atoms with van der Waals surface area (Å²) in [5.74, 6) is 0.888. The topological polar surface area (TPSA) is 9.23 Å². The lowest BCUT2D eigenvalue weighted by atomic mass is 10.2. The van der Waals surface area contributed by atoms with Crippen LogP contribution in [0.3, 0.4) is 0 Å². The standard InChI is InChI=1S/C8H8BrIO/c1-11-8-3-2-6(5-10)4-7(8)9/h2-4H,5H2,1H3. The van der Waals surface area contributed by atoms with Crippen LogP contribution in [0.2, 0.25) is 0 Å². The van der Waals surface area contributed by atoms with Crippen molar-refractivity contribution in [3.63, 3.8) is 0 Å². The van der Waals surface area contributed by atoms with Crippen molar-refractivity contribution in [1.82, 2.24) is 0 Å². The van der Waals surface area contributed by atoms with Crippen LogP contribution in [0.4, 0.5) is 0 Å². The van der Waals surface area contributed by atoms with Crippen LogP contribution in [0, 0.1) is 0 Å². The minimum atomic E-state index is 0.888. The third kappa shape index (κ3) is 2.33. The zero-order valence-electron chi connectivity index (χ0n) is 6.10. The van der Waals surface area contributed by atoms with E-state index in [0.717, 1.165) is 14.6 Å². The minimum Gasteiger partial charge on any atom is -0.496 e. The first-order valence-corrected chi connectivity index (χ1v) is 5.48. The summed E-state index contributed by atoms with van der Waals surface area (Å²) in [6.45, 7) is 0. The monoisotopic (exact) mass is 326 g/mol. The van der Waals surface area contributed by atoms with Crippen LogP contribution in [0.5, 0.6) is 5.75 Å². The van der Waals surface area contributed by atoms with E-state index in [0.29, 0.717) is 0 Å². The zero-order valence-corrected chi connectivity index (χ0v) is 9.85. The molecule has 0 saturated heterocycles. The van der Waals surface area contributed by atoms with Crippen LogP contribution >= 0.6 is 38.5 Å². The third-order valence-electron chi connectivity index (χ3n) is 1.37. The first-order valence-electron chi connectivity index (χ1n) is 3.16. The first kappa shape index (κ1) is 9.32. The second-order valence-corrected chi connectivity index (χ2v) is 3.72. The maximum Gasteiger partial charge on any atom is 0.133 e. The van der Waals surface area contributed by atoms with E-state index in [1.807, 2.05) is 6.07 Å². The lowest BCUT2D eigenvalue weighted by molar-refractivity contribution is 0.412. The molecule has 0 saturated carbocycles. The smallest absolute Gasteiger partial charge is 0.133 e. The van der Waals surface area contributed by atoms with Crippen LogP contribution in [0.1, 0.15) is 5.56 Å². The van der Waals surface area contributed by atoms with E-state index in [9.17, 15) is 0 Å². The summed E-state index contributed by atoms with van der Waals surface area (Å²) in [5, 5.41) is 0. The highest BCUT2D eigenvalue weighted by Gasteiger charge is 1.98. The molecule has 0 amide bonds. The summed E-state index contributed by atoms with van der Waals surface area (Å²) >= 11 is 5.75. The number of hydrogen-bond donors (Lipinski definition) is 0. The van der Waals surface area contributed by atoms with Gasteiger partial charge in [-0.3, -0.25) is 0 Å². The molecular formula is C8H8BrIO. The number of methoxy groups -OCH3 is 1. The van der Waals surface area contributed by atoms with Crippen molar-refractivity contribution in [3.8, 4) is 5.75 Å². The minimum absolute atomic E-state index is 0.888. The molecule has 60 valence electrons. The van der Waals surface area contributed by atoms with Crippen molar-refractivity contribution < 1.29 is 4.74 Å². The average molecular weight is 327 g/mol. The molecule has 0 aromatic heterocycles. The fourth-order valence-electron chi connectivity index (χ4n) is 0.793. The Morgan fingerprint density at radius 3 is 2.73 bits per heavy atom. The fraction of sp³-hybridized carbons (Fsp3) is 0.250. The Morgan fingerprint density at radius 1 is 1.55 bits per heavy atom. The van der Waals surface area contributed by atoms with Gasteiger partial charge in [0.2, 0.25) is 0 Å². The Hall–Kier alpha value is 0.230. The van der Waals surface area contributed by atoms with Crippen molar-refractivity contribution in [1.29, 1.82) is 0 Å². The van der Waals surface area contributed by atoms with Gasteiger partial charge in [0.15, 0.2) is 0 Å². The largest absolute Gasteiger partial charge is 0.496 e. The maximum absolute atomic E-state index is 5.10. The van der Waals surface area contributed by atoms with E-state index < -0.39 is 0 Å². The molecule has 0 aliphatic carbocycles. The summed E-state index contributed by atoms with van der Waals surface area (Å²) in [6, 6.07) is 6.11. The second kappa shape index (κ2) is 4.30. The Bertz CT molecular complexity index is 250. The van der Waals surface area contributed by atoms with E-state index >= 15 is 0 Å². The van der Waals surface area contributed by atoms with Crippen LogP contribution in [-0.4, -0.2) is 7.11 Å². The van der Waals surface area contributed by atoms with Crippen molar-refractivity contribution in [2.45, 2.75) is 4.43 Å². The van der Waals surface area contributed by atoms with Gasteiger partial charge in [0, 0.05) is 4.43 Å². The van der Waals surface area contributed by atoms with Gasteiger partial charge in [-0.25, -0.2) is 0 Å². The van der Waals surface area contributed by atoms with E-state index in [4.69, 9.17) is 4.74 Å². The molecule has 0 radical (unpaired) electrons. The first-order chi connectivity index (χ1) is 5.27. The Morgan fingerprint density at radius 2 is 2.27 bits per heavy atom. The molecule has 0 heterocycles. The number of rotatable bonds is 2. The Kier molecular flexibility index (Phi) is 3.65. The molecule has 1 nitrogen and oxygen atoms in total. The molecule has 0 unspecified atom stereocenters. The van der Waals surface area contributed by atoms with E-state index in [1.165, 1.54) is 5.56 Å². The molecule has 1 rings (SSSR count). The van der Waals surface area contributed by atoms with Crippen molar-refractivity contribution in [2.75, 3.05) is 7.11 Å². The summed E-state index contributed by atoms with van der Waals surface area (Å²) in [6.07, 6.45) is 0. The molecule has 0 N–H and O–H groups in total. The molecule has 11 heavy (non-hydrogen) atoms. The molecule has 1 aromatic carbocycles. The molecule has 3 heteroatoms. The normalized spacial score (nSPS) is 9.73. The van der Waals surface area contributed by atoms with Gasteiger partial charge < -0.3 is 4.74 Å². The third-order valence-corrected chi connectivity index (χ3v) is 2.87. The predicted octanol–water partition coefficient (Wildman–Crippen LogP) is 3.39. The molecule has 0 atom stereocenters. The Balaban J connectivity index is 2.99. The number of benzene rings is 1. The van der Waals surface area contributed by atoms with Gasteiger partial charge >= 0.3 is 0 Å². The van der Waals surface area contributed by atoms with E-state index in [-0.39, 0.29) is 0 Å². The molecule has 0 aliphatic heterocycles. The number of hydrogen-bond acceptors (Lipinski definition) is 1. The van der Waals surface area contributed by atoms with Crippen LogP contribution < -0.4 is 4.74 Å². The van der Waals surface area contributed by atoms with Gasteiger partial charge in [-0.2, -0.15) is 0 Å². The van der Waals surface area contributed by atoms with E-state index in [2.05, 4.69) is 50.7 Å². The van der Waals surface area contributed by atoms with Gasteiger partial charge in [-0.1, -0.05) is 28.7 Å². The molecule has 0 aliphatic rings. The zero-order chi connectivity index (χ0) is 8.27. The predicted molar refractivity (Wildman–Crippen MR) is 58.4 cm³/mol. The van der Waals surface area contributed by atoms with Gasteiger partial charge in [0.1, 0.15) is 5.75 Å². The van der Waals surface area contributed by atoms with Crippen molar-refractivity contribution in [2.24, 2.45) is 0 Å². The highest BCUT2D eigenvalue weighted by atomic mass is 127. The SMILES string of the molecule is COc1ccc(CI)cc1Br. The molecule has 0 fully saturated rings. The average Bonchev–Trinajstić information content (AvgIpc) is 2.04. The number of ether oxygens (including phenoxy) is 1. The highest BCUT2D eigenvalue weighted by molar-refractivity contribution is 14.1. The van der Waals surface area contributed by atoms with Crippen LogP contribution in [-0.2, 0) is 4.43 Å². The lowest BCUT2D eigenvalue weighted by Gasteiger charge is -2.03. The number of alkyl halides is 1. The molecule has 0 spiro atoms. The van der Waals surface area contributed by atoms with Crippen LogP contribution in [0.25, 0.3) is 0 Å². The van der Waals surface area contributed by atoms with Gasteiger partial charge in [0.25, 0.3) is 0 Å². The summed E-state index contributed by atoms with van der Waals surface area (Å²) in [5.41, 5.74) is 1.30. The van der Waals surface area contributed by atoms with Crippen LogP contribution in [0.15, 0.2) is 22.7 Å². The lowest BCUT2D eigenvalue weighted by Crippen LogP contribution is -1.85. The van der Waals surface area contributed by atoms with Gasteiger partial charge in [0.05, 0.1) is 11.6 Å². The summed E-state index contributed by atoms with van der Waals surface area (Å²) < 4.78 is 7.15. The molecule has 0 bridgehead atoms. The molecule has 1 aromatic rings. The van der Waals surface area contributed by atoms with Gasteiger partial charge in [-0.05, 0) is 33.6 Å². The van der Waals surface area contributed by atoms with Crippen molar-refractivity contribution >= 4 is 38.5 Å². The molecular weight excluding hydrogens is 319 g/mol. The quantitative estimate of drug-likeness (QED) is 0.598.